The average molecular weight is 276 g/mol. The van der Waals surface area contributed by atoms with Crippen LogP contribution in [0.25, 0.3) is 0 Å². The molecule has 2 aromatic rings. The molecule has 108 valence electrons. The van der Waals surface area contributed by atoms with Crippen LogP contribution in [0.5, 0.6) is 0 Å². The lowest BCUT2D eigenvalue weighted by Gasteiger charge is -2.28. The zero-order valence-corrected chi connectivity index (χ0v) is 12.2. The second kappa shape index (κ2) is 5.77. The largest absolute Gasteiger partial charge is 0.383 e. The van der Waals surface area contributed by atoms with Crippen molar-refractivity contribution in [2.45, 2.75) is 19.1 Å². The molecule has 2 rings (SSSR count). The predicted molar refractivity (Wildman–Crippen MR) is 78.1 cm³/mol. The van der Waals surface area contributed by atoms with Crippen LogP contribution in [0.4, 0.5) is 4.39 Å². The van der Waals surface area contributed by atoms with Gasteiger partial charge in [0.15, 0.2) is 0 Å². The maximum atomic E-state index is 13.7. The van der Waals surface area contributed by atoms with Gasteiger partial charge in [-0.15, -0.1) is 0 Å². The smallest absolute Gasteiger partial charge is 0.128 e. The molecular weight excluding hydrogens is 255 g/mol. The molecule has 1 N–H and O–H groups in total. The average Bonchev–Trinajstić information content (AvgIpc) is 2.79. The summed E-state index contributed by atoms with van der Waals surface area (Å²) in [5.74, 6) is -0.223. The van der Waals surface area contributed by atoms with Gasteiger partial charge in [-0.25, -0.2) is 4.39 Å². The normalized spacial score (nSPS) is 14.5. The van der Waals surface area contributed by atoms with E-state index in [0.29, 0.717) is 18.7 Å². The predicted octanol–water partition coefficient (Wildman–Crippen LogP) is 2.44. The highest BCUT2D eigenvalue weighted by Crippen LogP contribution is 2.23. The monoisotopic (exact) mass is 276 g/mol. The standard InChI is InChI=1S/C16H21FN2O/c1-16(20,12-18(2)3)15-9-6-10-19(15)11-13-7-4-5-8-14(13)17/h4-10,20H,11-12H2,1-3H3. The van der Waals surface area contributed by atoms with Crippen molar-refractivity contribution < 1.29 is 9.50 Å². The zero-order valence-electron chi connectivity index (χ0n) is 12.2. The van der Waals surface area contributed by atoms with Gasteiger partial charge in [-0.1, -0.05) is 18.2 Å². The van der Waals surface area contributed by atoms with E-state index < -0.39 is 5.60 Å². The van der Waals surface area contributed by atoms with E-state index >= 15 is 0 Å². The van der Waals surface area contributed by atoms with E-state index in [0.717, 1.165) is 5.69 Å². The summed E-state index contributed by atoms with van der Waals surface area (Å²) in [6.07, 6.45) is 1.87. The number of aromatic nitrogens is 1. The van der Waals surface area contributed by atoms with Gasteiger partial charge in [0, 0.05) is 18.3 Å². The van der Waals surface area contributed by atoms with E-state index in [1.165, 1.54) is 6.07 Å². The van der Waals surface area contributed by atoms with Gasteiger partial charge < -0.3 is 14.6 Å². The van der Waals surface area contributed by atoms with Crippen molar-refractivity contribution in [1.82, 2.24) is 9.47 Å². The van der Waals surface area contributed by atoms with Crippen molar-refractivity contribution in [3.63, 3.8) is 0 Å². The van der Waals surface area contributed by atoms with Crippen LogP contribution >= 0.6 is 0 Å². The third-order valence-corrected chi connectivity index (χ3v) is 3.30. The molecular formula is C16H21FN2O. The van der Waals surface area contributed by atoms with Crippen molar-refractivity contribution in [2.75, 3.05) is 20.6 Å². The van der Waals surface area contributed by atoms with Gasteiger partial charge >= 0.3 is 0 Å². The molecule has 20 heavy (non-hydrogen) atoms. The van der Waals surface area contributed by atoms with Crippen LogP contribution in [-0.4, -0.2) is 35.2 Å². The summed E-state index contributed by atoms with van der Waals surface area (Å²) in [6, 6.07) is 10.5. The van der Waals surface area contributed by atoms with Crippen molar-refractivity contribution in [3.05, 3.63) is 59.7 Å². The Kier molecular flexibility index (Phi) is 4.26. The number of nitrogens with zero attached hydrogens (tertiary/aromatic N) is 2. The Bertz CT molecular complexity index is 575. The molecule has 0 radical (unpaired) electrons. The van der Waals surface area contributed by atoms with Crippen LogP contribution in [0, 0.1) is 5.82 Å². The van der Waals surface area contributed by atoms with Gasteiger partial charge in [0.25, 0.3) is 0 Å². The lowest BCUT2D eigenvalue weighted by molar-refractivity contribution is 0.0230. The SMILES string of the molecule is CN(C)CC(C)(O)c1cccn1Cc1ccccc1F. The molecule has 1 aromatic carbocycles. The lowest BCUT2D eigenvalue weighted by Crippen LogP contribution is -2.36. The van der Waals surface area contributed by atoms with E-state index in [9.17, 15) is 9.50 Å². The number of hydrogen-bond donors (Lipinski definition) is 1. The van der Waals surface area contributed by atoms with Crippen molar-refractivity contribution in [3.8, 4) is 0 Å². The van der Waals surface area contributed by atoms with Gasteiger partial charge in [-0.3, -0.25) is 0 Å². The molecule has 0 aliphatic carbocycles. The first-order valence-corrected chi connectivity index (χ1v) is 6.66. The summed E-state index contributed by atoms with van der Waals surface area (Å²) in [4.78, 5) is 1.93. The summed E-state index contributed by atoms with van der Waals surface area (Å²) in [5, 5.41) is 10.6. The van der Waals surface area contributed by atoms with Crippen molar-refractivity contribution in [2.24, 2.45) is 0 Å². The molecule has 0 saturated carbocycles. The van der Waals surface area contributed by atoms with E-state index in [1.807, 2.05) is 48.0 Å². The van der Waals surface area contributed by atoms with Crippen LogP contribution in [0.3, 0.4) is 0 Å². The number of hydrogen-bond acceptors (Lipinski definition) is 2. The molecule has 3 nitrogen and oxygen atoms in total. The first-order chi connectivity index (χ1) is 9.40. The van der Waals surface area contributed by atoms with Crippen LogP contribution in [-0.2, 0) is 12.1 Å². The molecule has 0 saturated heterocycles. The molecule has 1 unspecified atom stereocenters. The Morgan fingerprint density at radius 1 is 1.20 bits per heavy atom. The molecule has 4 heteroatoms. The first kappa shape index (κ1) is 14.8. The van der Waals surface area contributed by atoms with Crippen LogP contribution < -0.4 is 0 Å². The fourth-order valence-electron chi connectivity index (χ4n) is 2.55. The molecule has 0 aliphatic heterocycles. The van der Waals surface area contributed by atoms with Crippen LogP contribution in [0.1, 0.15) is 18.2 Å². The highest BCUT2D eigenvalue weighted by atomic mass is 19.1. The van der Waals surface area contributed by atoms with E-state index in [1.54, 1.807) is 19.1 Å². The Hall–Kier alpha value is -1.65. The minimum absolute atomic E-state index is 0.223. The molecule has 1 heterocycles. The highest BCUT2D eigenvalue weighted by Gasteiger charge is 2.27. The summed E-state index contributed by atoms with van der Waals surface area (Å²) in [5.41, 5.74) is 0.429. The number of likely N-dealkylation sites (N-methyl/N-ethyl adjacent to an activating group) is 1. The van der Waals surface area contributed by atoms with E-state index in [4.69, 9.17) is 0 Å². The van der Waals surface area contributed by atoms with E-state index in [-0.39, 0.29) is 5.82 Å². The molecule has 1 aromatic heterocycles. The topological polar surface area (TPSA) is 28.4 Å². The van der Waals surface area contributed by atoms with Crippen molar-refractivity contribution >= 4 is 0 Å². The molecule has 0 spiro atoms. The number of rotatable bonds is 5. The zero-order chi connectivity index (χ0) is 14.8. The van der Waals surface area contributed by atoms with Gasteiger partial charge in [-0.05, 0) is 39.2 Å². The number of aliphatic hydroxyl groups is 1. The fourth-order valence-corrected chi connectivity index (χ4v) is 2.55. The molecule has 0 aliphatic rings. The quantitative estimate of drug-likeness (QED) is 0.908. The lowest BCUT2D eigenvalue weighted by atomic mass is 10.0. The Morgan fingerprint density at radius 3 is 2.55 bits per heavy atom. The highest BCUT2D eigenvalue weighted by molar-refractivity contribution is 5.22. The second-order valence-electron chi connectivity index (χ2n) is 5.62. The third-order valence-electron chi connectivity index (χ3n) is 3.30. The minimum Gasteiger partial charge on any atom is -0.383 e. The van der Waals surface area contributed by atoms with Gasteiger partial charge in [-0.2, -0.15) is 0 Å². The van der Waals surface area contributed by atoms with Gasteiger partial charge in [0.05, 0.1) is 12.2 Å². The second-order valence-corrected chi connectivity index (χ2v) is 5.62. The Balaban J connectivity index is 2.27. The third kappa shape index (κ3) is 3.26. The van der Waals surface area contributed by atoms with E-state index in [2.05, 4.69) is 0 Å². The van der Waals surface area contributed by atoms with Crippen LogP contribution in [0.2, 0.25) is 0 Å². The summed E-state index contributed by atoms with van der Waals surface area (Å²) < 4.78 is 15.6. The van der Waals surface area contributed by atoms with Crippen molar-refractivity contribution in [1.29, 1.82) is 0 Å². The molecule has 0 fully saturated rings. The van der Waals surface area contributed by atoms with Gasteiger partial charge in [0.2, 0.25) is 0 Å². The summed E-state index contributed by atoms with van der Waals surface area (Å²) >= 11 is 0. The molecule has 0 bridgehead atoms. The summed E-state index contributed by atoms with van der Waals surface area (Å²) in [7, 11) is 3.83. The number of benzene rings is 1. The Labute approximate surface area is 119 Å². The maximum Gasteiger partial charge on any atom is 0.128 e. The van der Waals surface area contributed by atoms with Gasteiger partial charge in [0.1, 0.15) is 11.4 Å². The summed E-state index contributed by atoms with van der Waals surface area (Å²) in [6.45, 7) is 2.70. The fraction of sp³-hybridized carbons (Fsp3) is 0.375. The first-order valence-electron chi connectivity index (χ1n) is 6.66. The molecule has 0 amide bonds. The number of halogens is 1. The van der Waals surface area contributed by atoms with Crippen LogP contribution in [0.15, 0.2) is 42.6 Å². The molecule has 1 atom stereocenters. The minimum atomic E-state index is -0.974. The maximum absolute atomic E-state index is 13.7. The Morgan fingerprint density at radius 2 is 1.90 bits per heavy atom.